The SMILES string of the molecule is CC(C)Oc1cnn(-c2c(Cl)cccc2CCl)c1. The van der Waals surface area contributed by atoms with Gasteiger partial charge in [-0.15, -0.1) is 11.6 Å². The molecule has 0 aliphatic carbocycles. The Morgan fingerprint density at radius 1 is 1.39 bits per heavy atom. The van der Waals surface area contributed by atoms with Crippen molar-refractivity contribution in [1.29, 1.82) is 0 Å². The fraction of sp³-hybridized carbons (Fsp3) is 0.308. The highest BCUT2D eigenvalue weighted by Gasteiger charge is 2.11. The van der Waals surface area contributed by atoms with Crippen LogP contribution in [0.4, 0.5) is 0 Å². The van der Waals surface area contributed by atoms with Crippen LogP contribution in [0.25, 0.3) is 5.69 Å². The van der Waals surface area contributed by atoms with Gasteiger partial charge < -0.3 is 4.74 Å². The summed E-state index contributed by atoms with van der Waals surface area (Å²) in [7, 11) is 0. The van der Waals surface area contributed by atoms with Gasteiger partial charge in [-0.1, -0.05) is 23.7 Å². The van der Waals surface area contributed by atoms with Gasteiger partial charge in [0.2, 0.25) is 0 Å². The molecule has 2 aromatic rings. The minimum absolute atomic E-state index is 0.112. The number of benzene rings is 1. The summed E-state index contributed by atoms with van der Waals surface area (Å²) in [4.78, 5) is 0. The lowest BCUT2D eigenvalue weighted by Gasteiger charge is -2.09. The second kappa shape index (κ2) is 5.63. The van der Waals surface area contributed by atoms with E-state index in [9.17, 15) is 0 Å². The first kappa shape index (κ1) is 13.2. The molecule has 0 aliphatic heterocycles. The molecule has 0 radical (unpaired) electrons. The maximum absolute atomic E-state index is 6.20. The standard InChI is InChI=1S/C13H14Cl2N2O/c1-9(2)18-11-7-16-17(8-11)13-10(6-14)4-3-5-12(13)15/h3-5,7-9H,6H2,1-2H3. The molecule has 1 aromatic heterocycles. The average molecular weight is 285 g/mol. The molecular formula is C13H14Cl2N2O. The van der Waals surface area contributed by atoms with Crippen LogP contribution in [0.1, 0.15) is 19.4 Å². The zero-order valence-electron chi connectivity index (χ0n) is 10.2. The Balaban J connectivity index is 2.39. The lowest BCUT2D eigenvalue weighted by molar-refractivity contribution is 0.242. The van der Waals surface area contributed by atoms with Crippen LogP contribution in [-0.2, 0) is 5.88 Å². The number of alkyl halides is 1. The lowest BCUT2D eigenvalue weighted by Crippen LogP contribution is -2.04. The van der Waals surface area contributed by atoms with Gasteiger partial charge in [-0.2, -0.15) is 5.10 Å². The van der Waals surface area contributed by atoms with E-state index in [4.69, 9.17) is 27.9 Å². The van der Waals surface area contributed by atoms with Gasteiger partial charge in [0, 0.05) is 5.88 Å². The van der Waals surface area contributed by atoms with E-state index < -0.39 is 0 Å². The summed E-state index contributed by atoms with van der Waals surface area (Å²) in [5.41, 5.74) is 1.73. The predicted octanol–water partition coefficient (Wildman–Crippen LogP) is 4.05. The molecule has 0 unspecified atom stereocenters. The van der Waals surface area contributed by atoms with Gasteiger partial charge >= 0.3 is 0 Å². The van der Waals surface area contributed by atoms with Crippen LogP contribution in [0.2, 0.25) is 5.02 Å². The summed E-state index contributed by atoms with van der Waals surface area (Å²) < 4.78 is 7.26. The highest BCUT2D eigenvalue weighted by Crippen LogP contribution is 2.26. The van der Waals surface area contributed by atoms with E-state index in [0.717, 1.165) is 11.3 Å². The Hall–Kier alpha value is -1.19. The van der Waals surface area contributed by atoms with Crippen LogP contribution < -0.4 is 4.74 Å². The van der Waals surface area contributed by atoms with Crippen molar-refractivity contribution in [3.05, 3.63) is 41.2 Å². The molecule has 18 heavy (non-hydrogen) atoms. The molecule has 2 rings (SSSR count). The molecule has 3 nitrogen and oxygen atoms in total. The zero-order chi connectivity index (χ0) is 13.1. The average Bonchev–Trinajstić information content (AvgIpc) is 2.75. The third kappa shape index (κ3) is 2.79. The molecule has 0 spiro atoms. The van der Waals surface area contributed by atoms with E-state index in [2.05, 4.69) is 5.10 Å². The second-order valence-corrected chi connectivity index (χ2v) is 4.84. The van der Waals surface area contributed by atoms with Crippen molar-refractivity contribution in [2.45, 2.75) is 25.8 Å². The molecule has 0 atom stereocenters. The molecule has 0 N–H and O–H groups in total. The van der Waals surface area contributed by atoms with Crippen molar-refractivity contribution < 1.29 is 4.74 Å². The van der Waals surface area contributed by atoms with Crippen molar-refractivity contribution in [2.75, 3.05) is 0 Å². The molecule has 0 fully saturated rings. The van der Waals surface area contributed by atoms with Gasteiger partial charge in [0.1, 0.15) is 0 Å². The third-order valence-corrected chi connectivity index (χ3v) is 2.97. The van der Waals surface area contributed by atoms with Crippen LogP contribution in [0.3, 0.4) is 0 Å². The normalized spacial score (nSPS) is 10.9. The lowest BCUT2D eigenvalue weighted by atomic mass is 10.2. The quantitative estimate of drug-likeness (QED) is 0.792. The van der Waals surface area contributed by atoms with Gasteiger partial charge in [-0.3, -0.25) is 0 Å². The number of rotatable bonds is 4. The molecule has 1 heterocycles. The maximum atomic E-state index is 6.20. The summed E-state index contributed by atoms with van der Waals surface area (Å²) in [6.07, 6.45) is 3.58. The van der Waals surface area contributed by atoms with Crippen LogP contribution in [-0.4, -0.2) is 15.9 Å². The van der Waals surface area contributed by atoms with Crippen LogP contribution in [0.15, 0.2) is 30.6 Å². The van der Waals surface area contributed by atoms with Crippen LogP contribution in [0.5, 0.6) is 5.75 Å². The molecule has 0 saturated heterocycles. The third-order valence-electron chi connectivity index (χ3n) is 2.37. The number of para-hydroxylation sites is 1. The van der Waals surface area contributed by atoms with E-state index >= 15 is 0 Å². The highest BCUT2D eigenvalue weighted by molar-refractivity contribution is 6.32. The molecule has 0 saturated carbocycles. The Morgan fingerprint density at radius 3 is 2.83 bits per heavy atom. The number of nitrogens with zero attached hydrogens (tertiary/aromatic N) is 2. The minimum atomic E-state index is 0.112. The first-order valence-corrected chi connectivity index (χ1v) is 6.58. The minimum Gasteiger partial charge on any atom is -0.488 e. The second-order valence-electron chi connectivity index (χ2n) is 4.17. The van der Waals surface area contributed by atoms with Crippen LogP contribution >= 0.6 is 23.2 Å². The van der Waals surface area contributed by atoms with Gasteiger partial charge in [0.05, 0.1) is 29.2 Å². The molecule has 0 amide bonds. The summed E-state index contributed by atoms with van der Waals surface area (Å²) in [5.74, 6) is 1.10. The molecule has 0 bridgehead atoms. The monoisotopic (exact) mass is 284 g/mol. The van der Waals surface area contributed by atoms with E-state index in [1.165, 1.54) is 0 Å². The molecule has 1 aromatic carbocycles. The fourth-order valence-electron chi connectivity index (χ4n) is 1.69. The number of hydrogen-bond acceptors (Lipinski definition) is 2. The van der Waals surface area contributed by atoms with Gasteiger partial charge in [-0.05, 0) is 25.5 Å². The van der Waals surface area contributed by atoms with Crippen molar-refractivity contribution in [2.24, 2.45) is 0 Å². The van der Waals surface area contributed by atoms with Gasteiger partial charge in [0.15, 0.2) is 5.75 Å². The molecule has 0 aliphatic rings. The van der Waals surface area contributed by atoms with E-state index in [1.807, 2.05) is 32.0 Å². The Bertz CT molecular complexity index is 538. The smallest absolute Gasteiger partial charge is 0.158 e. The van der Waals surface area contributed by atoms with Crippen molar-refractivity contribution in [1.82, 2.24) is 9.78 Å². The van der Waals surface area contributed by atoms with Crippen molar-refractivity contribution in [3.8, 4) is 11.4 Å². The highest BCUT2D eigenvalue weighted by atomic mass is 35.5. The van der Waals surface area contributed by atoms with Crippen molar-refractivity contribution in [3.63, 3.8) is 0 Å². The fourth-order valence-corrected chi connectivity index (χ4v) is 2.18. The first-order chi connectivity index (χ1) is 8.61. The Kier molecular flexibility index (Phi) is 4.15. The maximum Gasteiger partial charge on any atom is 0.158 e. The number of hydrogen-bond donors (Lipinski definition) is 0. The van der Waals surface area contributed by atoms with E-state index in [0.29, 0.717) is 16.7 Å². The summed E-state index contributed by atoms with van der Waals surface area (Å²) in [5, 5.41) is 4.88. The predicted molar refractivity (Wildman–Crippen MR) is 73.9 cm³/mol. The topological polar surface area (TPSA) is 27.1 Å². The number of halogens is 2. The van der Waals surface area contributed by atoms with Gasteiger partial charge in [-0.25, -0.2) is 4.68 Å². The molecule has 96 valence electrons. The molecular weight excluding hydrogens is 271 g/mol. The van der Waals surface area contributed by atoms with E-state index in [-0.39, 0.29) is 6.10 Å². The summed E-state index contributed by atoms with van der Waals surface area (Å²) in [6, 6.07) is 5.62. The van der Waals surface area contributed by atoms with Gasteiger partial charge in [0.25, 0.3) is 0 Å². The van der Waals surface area contributed by atoms with E-state index in [1.54, 1.807) is 17.1 Å². The number of ether oxygens (including phenoxy) is 1. The summed E-state index contributed by atoms with van der Waals surface area (Å²) >= 11 is 12.1. The van der Waals surface area contributed by atoms with Crippen molar-refractivity contribution >= 4 is 23.2 Å². The largest absolute Gasteiger partial charge is 0.488 e. The van der Waals surface area contributed by atoms with Crippen LogP contribution in [0, 0.1) is 0 Å². The zero-order valence-corrected chi connectivity index (χ0v) is 11.7. The first-order valence-electron chi connectivity index (χ1n) is 5.67. The molecule has 5 heteroatoms. The summed E-state index contributed by atoms with van der Waals surface area (Å²) in [6.45, 7) is 3.94. The Labute approximate surface area is 116 Å². The Morgan fingerprint density at radius 2 is 2.17 bits per heavy atom. The number of aromatic nitrogens is 2.